The molecule has 0 fully saturated rings. The fraction of sp³-hybridized carbons (Fsp3) is 0.125. The average Bonchev–Trinajstić information content (AvgIpc) is 2.12. The highest BCUT2D eigenvalue weighted by Gasteiger charge is 2.04. The number of amidine groups is 1. The fourth-order valence-electron chi connectivity index (χ4n) is 0.860. The molecule has 0 saturated carbocycles. The van der Waals surface area contributed by atoms with Gasteiger partial charge in [-0.2, -0.15) is 0 Å². The number of aromatic nitrogens is 1. The summed E-state index contributed by atoms with van der Waals surface area (Å²) in [6, 6.07) is 0. The summed E-state index contributed by atoms with van der Waals surface area (Å²) in [5, 5.41) is 0. The van der Waals surface area contributed by atoms with Gasteiger partial charge in [0.25, 0.3) is 0 Å². The summed E-state index contributed by atoms with van der Waals surface area (Å²) < 4.78 is 13.1. The van der Waals surface area contributed by atoms with Crippen LogP contribution in [0.2, 0.25) is 0 Å². The Balaban J connectivity index is 3.13. The third-order valence-corrected chi connectivity index (χ3v) is 1.44. The van der Waals surface area contributed by atoms with E-state index in [0.29, 0.717) is 5.84 Å². The van der Waals surface area contributed by atoms with Crippen LogP contribution in [0.4, 0.5) is 15.8 Å². The molecule has 0 spiro atoms. The molecule has 5 nitrogen and oxygen atoms in total. The van der Waals surface area contributed by atoms with Crippen molar-refractivity contribution in [2.75, 3.05) is 5.73 Å². The van der Waals surface area contributed by atoms with Gasteiger partial charge in [0.2, 0.25) is 0 Å². The van der Waals surface area contributed by atoms with Crippen LogP contribution in [-0.4, -0.2) is 17.2 Å². The molecule has 0 saturated heterocycles. The second-order valence-corrected chi connectivity index (χ2v) is 2.50. The SMILES string of the molecule is CC(N=CN)=Nc1c(N)cncc1F. The van der Waals surface area contributed by atoms with Crippen LogP contribution >= 0.6 is 0 Å². The van der Waals surface area contributed by atoms with Gasteiger partial charge >= 0.3 is 0 Å². The Kier molecular flexibility index (Phi) is 3.11. The Hall–Kier alpha value is -1.98. The number of hydrogen-bond donors (Lipinski definition) is 2. The number of halogens is 1. The van der Waals surface area contributed by atoms with E-state index in [1.165, 1.54) is 6.20 Å². The minimum absolute atomic E-state index is 0.0306. The second-order valence-electron chi connectivity index (χ2n) is 2.50. The summed E-state index contributed by atoms with van der Waals surface area (Å²) >= 11 is 0. The number of pyridine rings is 1. The van der Waals surface area contributed by atoms with Crippen molar-refractivity contribution in [1.29, 1.82) is 0 Å². The zero-order valence-corrected chi connectivity index (χ0v) is 7.61. The molecule has 1 rings (SSSR count). The number of hydrogen-bond acceptors (Lipinski definition) is 3. The smallest absolute Gasteiger partial charge is 0.169 e. The van der Waals surface area contributed by atoms with Crippen molar-refractivity contribution < 1.29 is 4.39 Å². The monoisotopic (exact) mass is 195 g/mol. The third kappa shape index (κ3) is 2.25. The van der Waals surface area contributed by atoms with Crippen molar-refractivity contribution >= 4 is 23.5 Å². The summed E-state index contributed by atoms with van der Waals surface area (Å²) in [7, 11) is 0. The van der Waals surface area contributed by atoms with E-state index in [1.807, 2.05) is 0 Å². The highest BCUT2D eigenvalue weighted by atomic mass is 19.1. The molecular formula is C8H10FN5. The molecular weight excluding hydrogens is 185 g/mol. The first-order valence-corrected chi connectivity index (χ1v) is 3.83. The van der Waals surface area contributed by atoms with Crippen molar-refractivity contribution in [3.63, 3.8) is 0 Å². The van der Waals surface area contributed by atoms with Gasteiger partial charge in [-0.15, -0.1) is 0 Å². The van der Waals surface area contributed by atoms with E-state index in [9.17, 15) is 4.39 Å². The molecule has 0 aliphatic heterocycles. The number of nitrogens with zero attached hydrogens (tertiary/aromatic N) is 3. The van der Waals surface area contributed by atoms with E-state index in [0.717, 1.165) is 12.5 Å². The lowest BCUT2D eigenvalue weighted by Crippen LogP contribution is -1.96. The molecule has 74 valence electrons. The summed E-state index contributed by atoms with van der Waals surface area (Å²) in [5.74, 6) is -0.263. The van der Waals surface area contributed by atoms with Crippen LogP contribution in [0.1, 0.15) is 6.92 Å². The lowest BCUT2D eigenvalue weighted by Gasteiger charge is -2.00. The third-order valence-electron chi connectivity index (χ3n) is 1.44. The zero-order chi connectivity index (χ0) is 10.6. The van der Waals surface area contributed by atoms with Gasteiger partial charge in [-0.25, -0.2) is 14.4 Å². The first-order valence-electron chi connectivity index (χ1n) is 3.83. The molecule has 0 aromatic carbocycles. The number of nitrogens with two attached hydrogens (primary N) is 2. The van der Waals surface area contributed by atoms with Crippen LogP contribution in [0.25, 0.3) is 0 Å². The fourth-order valence-corrected chi connectivity index (χ4v) is 0.860. The van der Waals surface area contributed by atoms with Crippen molar-refractivity contribution in [2.24, 2.45) is 15.7 Å². The molecule has 0 radical (unpaired) electrons. The molecule has 1 aromatic heterocycles. The van der Waals surface area contributed by atoms with Crippen molar-refractivity contribution in [2.45, 2.75) is 6.92 Å². The van der Waals surface area contributed by atoms with Crippen molar-refractivity contribution in [3.8, 4) is 0 Å². The molecule has 1 heterocycles. The van der Waals surface area contributed by atoms with Gasteiger partial charge in [-0.3, -0.25) is 4.98 Å². The van der Waals surface area contributed by atoms with Gasteiger partial charge in [-0.05, 0) is 6.92 Å². The number of rotatable bonds is 1. The molecule has 14 heavy (non-hydrogen) atoms. The first-order chi connectivity index (χ1) is 6.65. The van der Waals surface area contributed by atoms with Crippen molar-refractivity contribution in [3.05, 3.63) is 18.2 Å². The van der Waals surface area contributed by atoms with Gasteiger partial charge in [-0.1, -0.05) is 0 Å². The minimum atomic E-state index is -0.587. The molecule has 0 atom stereocenters. The zero-order valence-electron chi connectivity index (χ0n) is 7.61. The molecule has 0 aliphatic carbocycles. The van der Waals surface area contributed by atoms with Crippen LogP contribution in [0.3, 0.4) is 0 Å². The van der Waals surface area contributed by atoms with E-state index in [4.69, 9.17) is 11.5 Å². The lowest BCUT2D eigenvalue weighted by molar-refractivity contribution is 0.624. The normalized spacial score (nSPS) is 12.3. The topological polar surface area (TPSA) is 89.6 Å². The molecule has 6 heteroatoms. The highest BCUT2D eigenvalue weighted by molar-refractivity contribution is 5.89. The van der Waals surface area contributed by atoms with Crippen LogP contribution in [-0.2, 0) is 0 Å². The predicted octanol–water partition coefficient (Wildman–Crippen LogP) is 0.840. The summed E-state index contributed by atoms with van der Waals surface area (Å²) in [5.41, 5.74) is 10.7. The van der Waals surface area contributed by atoms with Gasteiger partial charge < -0.3 is 11.5 Å². The Morgan fingerprint density at radius 2 is 2.29 bits per heavy atom. The summed E-state index contributed by atoms with van der Waals surface area (Å²) in [6.45, 7) is 1.59. The van der Waals surface area contributed by atoms with Gasteiger partial charge in [0.05, 0.1) is 24.4 Å². The van der Waals surface area contributed by atoms with E-state index in [2.05, 4.69) is 15.0 Å². The van der Waals surface area contributed by atoms with Gasteiger partial charge in [0.1, 0.15) is 11.5 Å². The molecule has 0 unspecified atom stereocenters. The van der Waals surface area contributed by atoms with Gasteiger partial charge in [0.15, 0.2) is 5.82 Å². The molecule has 1 aromatic rings. The van der Waals surface area contributed by atoms with E-state index >= 15 is 0 Å². The lowest BCUT2D eigenvalue weighted by atomic mass is 10.3. The van der Waals surface area contributed by atoms with Crippen LogP contribution in [0.15, 0.2) is 22.4 Å². The quantitative estimate of drug-likeness (QED) is 0.514. The first kappa shape index (κ1) is 10.1. The molecule has 0 aliphatic rings. The van der Waals surface area contributed by atoms with Gasteiger partial charge in [0, 0.05) is 0 Å². The maximum absolute atomic E-state index is 13.1. The van der Waals surface area contributed by atoms with E-state index < -0.39 is 5.82 Å². The number of aliphatic imine (C=N–C) groups is 2. The summed E-state index contributed by atoms with van der Waals surface area (Å²) in [4.78, 5) is 11.1. The number of nitrogen functional groups attached to an aromatic ring is 1. The average molecular weight is 195 g/mol. The Bertz CT molecular complexity index is 365. The Morgan fingerprint density at radius 1 is 1.57 bits per heavy atom. The van der Waals surface area contributed by atoms with E-state index in [1.54, 1.807) is 6.92 Å². The van der Waals surface area contributed by atoms with Crippen LogP contribution < -0.4 is 11.5 Å². The maximum atomic E-state index is 13.1. The molecule has 4 N–H and O–H groups in total. The molecule has 0 amide bonds. The van der Waals surface area contributed by atoms with E-state index in [-0.39, 0.29) is 11.4 Å². The van der Waals surface area contributed by atoms with Crippen LogP contribution in [0, 0.1) is 5.82 Å². The Morgan fingerprint density at radius 3 is 2.86 bits per heavy atom. The standard InChI is InChI=1S/C8H10FN5/c1-5(13-4-10)14-8-6(9)2-12-3-7(8)11/h2-4H,11H2,1H3,(H2,10,12,13,14). The largest absolute Gasteiger partial charge is 0.396 e. The highest BCUT2D eigenvalue weighted by Crippen LogP contribution is 2.24. The van der Waals surface area contributed by atoms with Crippen LogP contribution in [0.5, 0.6) is 0 Å². The predicted molar refractivity (Wildman–Crippen MR) is 54.1 cm³/mol. The minimum Gasteiger partial charge on any atom is -0.396 e. The maximum Gasteiger partial charge on any atom is 0.169 e. The molecule has 0 bridgehead atoms. The van der Waals surface area contributed by atoms with Crippen molar-refractivity contribution in [1.82, 2.24) is 4.98 Å². The second kappa shape index (κ2) is 4.31. The number of anilines is 1. The Labute approximate surface area is 80.4 Å². The summed E-state index contributed by atoms with van der Waals surface area (Å²) in [6.07, 6.45) is 3.43.